The lowest BCUT2D eigenvalue weighted by atomic mass is 9.80. The fraction of sp³-hybridized carbons (Fsp3) is 0.600. The lowest BCUT2D eigenvalue weighted by Crippen LogP contribution is -2.41. The molecule has 0 unspecified atom stereocenters. The molecular weight excluding hydrogens is 316 g/mol. The smallest absolute Gasteiger partial charge is 0.227 e. The molecule has 25 heavy (non-hydrogen) atoms. The fourth-order valence-electron chi connectivity index (χ4n) is 3.89. The number of piperidine rings is 1. The number of nitrogens with one attached hydrogen (secondary N) is 1. The van der Waals surface area contributed by atoms with Gasteiger partial charge in [0.2, 0.25) is 11.8 Å². The molecule has 1 aromatic carbocycles. The van der Waals surface area contributed by atoms with Crippen LogP contribution in [0.3, 0.4) is 0 Å². The number of carbonyl (C=O) groups excluding carboxylic acids is 2. The van der Waals surface area contributed by atoms with E-state index in [9.17, 15) is 9.59 Å². The van der Waals surface area contributed by atoms with E-state index >= 15 is 0 Å². The number of amides is 2. The van der Waals surface area contributed by atoms with Crippen molar-refractivity contribution < 1.29 is 14.3 Å². The van der Waals surface area contributed by atoms with Gasteiger partial charge < -0.3 is 15.0 Å². The first kappa shape index (κ1) is 17.8. The Morgan fingerprint density at radius 1 is 0.960 bits per heavy atom. The van der Waals surface area contributed by atoms with Crippen molar-refractivity contribution in [2.75, 3.05) is 25.5 Å². The number of ether oxygens (including phenoxy) is 1. The van der Waals surface area contributed by atoms with Crippen LogP contribution in [0.1, 0.15) is 44.9 Å². The zero-order valence-corrected chi connectivity index (χ0v) is 15.0. The Morgan fingerprint density at radius 3 is 2.16 bits per heavy atom. The van der Waals surface area contributed by atoms with Crippen molar-refractivity contribution in [2.45, 2.75) is 44.9 Å². The van der Waals surface area contributed by atoms with Crippen LogP contribution in [0.2, 0.25) is 0 Å². The maximum atomic E-state index is 12.6. The van der Waals surface area contributed by atoms with E-state index in [0.717, 1.165) is 63.1 Å². The highest BCUT2D eigenvalue weighted by Crippen LogP contribution is 2.31. The van der Waals surface area contributed by atoms with Gasteiger partial charge in [-0.15, -0.1) is 0 Å². The largest absolute Gasteiger partial charge is 0.497 e. The summed E-state index contributed by atoms with van der Waals surface area (Å²) in [5, 5.41) is 2.98. The van der Waals surface area contributed by atoms with Crippen molar-refractivity contribution in [3.63, 3.8) is 0 Å². The number of methoxy groups -OCH3 is 1. The molecule has 0 bridgehead atoms. The first-order valence-electron chi connectivity index (χ1n) is 9.41. The van der Waals surface area contributed by atoms with E-state index < -0.39 is 0 Å². The zero-order chi connectivity index (χ0) is 17.6. The molecule has 1 saturated carbocycles. The summed E-state index contributed by atoms with van der Waals surface area (Å²) in [6.45, 7) is 1.83. The monoisotopic (exact) mass is 344 g/mol. The van der Waals surface area contributed by atoms with Crippen molar-refractivity contribution >= 4 is 17.5 Å². The molecule has 136 valence electrons. The van der Waals surface area contributed by atoms with E-state index in [0.29, 0.717) is 5.91 Å². The van der Waals surface area contributed by atoms with E-state index in [2.05, 4.69) is 5.32 Å². The molecule has 1 aliphatic heterocycles. The third-order valence-electron chi connectivity index (χ3n) is 5.47. The molecule has 0 aromatic heterocycles. The molecule has 0 atom stereocenters. The van der Waals surface area contributed by atoms with E-state index in [-0.39, 0.29) is 17.7 Å². The number of nitrogens with zero attached hydrogens (tertiary/aromatic N) is 1. The van der Waals surface area contributed by atoms with Gasteiger partial charge in [-0.05, 0) is 69.2 Å². The Kier molecular flexibility index (Phi) is 5.95. The summed E-state index contributed by atoms with van der Waals surface area (Å²) in [5.74, 6) is 1.27. The number of likely N-dealkylation sites (tertiary alicyclic amines) is 1. The van der Waals surface area contributed by atoms with Crippen LogP contribution in [0.4, 0.5) is 5.69 Å². The molecule has 3 rings (SSSR count). The summed E-state index contributed by atoms with van der Waals surface area (Å²) in [7, 11) is 1.62. The normalized spacial score (nSPS) is 23.8. The van der Waals surface area contributed by atoms with Crippen molar-refractivity contribution in [2.24, 2.45) is 11.8 Å². The second-order valence-electron chi connectivity index (χ2n) is 7.15. The van der Waals surface area contributed by atoms with Crippen molar-refractivity contribution in [1.82, 2.24) is 4.90 Å². The van der Waals surface area contributed by atoms with Gasteiger partial charge in [-0.3, -0.25) is 9.59 Å². The van der Waals surface area contributed by atoms with E-state index in [1.807, 2.05) is 29.2 Å². The first-order chi connectivity index (χ1) is 12.2. The van der Waals surface area contributed by atoms with Gasteiger partial charge in [0.15, 0.2) is 0 Å². The summed E-state index contributed by atoms with van der Waals surface area (Å²) >= 11 is 0. The van der Waals surface area contributed by atoms with Gasteiger partial charge in [-0.2, -0.15) is 0 Å². The molecular formula is C20H28N2O3. The SMILES string of the molecule is COc1ccc(NC(=O)C2CCC(C(=O)N3CCCCC3)CC2)cc1. The summed E-state index contributed by atoms with van der Waals surface area (Å²) < 4.78 is 5.13. The first-order valence-corrected chi connectivity index (χ1v) is 9.41. The van der Waals surface area contributed by atoms with Crippen LogP contribution < -0.4 is 10.1 Å². The number of rotatable bonds is 4. The minimum atomic E-state index is 0.00695. The maximum Gasteiger partial charge on any atom is 0.227 e. The number of hydrogen-bond donors (Lipinski definition) is 1. The van der Waals surface area contributed by atoms with Gasteiger partial charge in [0.1, 0.15) is 5.75 Å². The average Bonchev–Trinajstić information content (AvgIpc) is 2.69. The Labute approximate surface area is 149 Å². The summed E-state index contributed by atoms with van der Waals surface area (Å²) in [6, 6.07) is 7.37. The fourth-order valence-corrected chi connectivity index (χ4v) is 3.89. The van der Waals surface area contributed by atoms with Crippen LogP contribution in [-0.4, -0.2) is 36.9 Å². The molecule has 1 aromatic rings. The van der Waals surface area contributed by atoms with E-state index in [1.165, 1.54) is 6.42 Å². The lowest BCUT2D eigenvalue weighted by Gasteiger charge is -2.33. The van der Waals surface area contributed by atoms with E-state index in [1.54, 1.807) is 7.11 Å². The van der Waals surface area contributed by atoms with Crippen LogP contribution in [-0.2, 0) is 9.59 Å². The van der Waals surface area contributed by atoms with Crippen molar-refractivity contribution in [3.8, 4) is 5.75 Å². The standard InChI is InChI=1S/C20H28N2O3/c1-25-18-11-9-17(10-12-18)21-19(23)15-5-7-16(8-6-15)20(24)22-13-3-2-4-14-22/h9-12,15-16H,2-8,13-14H2,1H3,(H,21,23). The second-order valence-corrected chi connectivity index (χ2v) is 7.15. The number of carbonyl (C=O) groups is 2. The lowest BCUT2D eigenvalue weighted by molar-refractivity contribution is -0.138. The van der Waals surface area contributed by atoms with Gasteiger partial charge >= 0.3 is 0 Å². The molecule has 2 aliphatic rings. The average molecular weight is 344 g/mol. The predicted octanol–water partition coefficient (Wildman–Crippen LogP) is 3.45. The molecule has 5 nitrogen and oxygen atoms in total. The molecule has 1 saturated heterocycles. The minimum absolute atomic E-state index is 0.00695. The number of anilines is 1. The highest BCUT2D eigenvalue weighted by atomic mass is 16.5. The molecule has 0 radical (unpaired) electrons. The van der Waals surface area contributed by atoms with Crippen LogP contribution >= 0.6 is 0 Å². The highest BCUT2D eigenvalue weighted by molar-refractivity contribution is 5.92. The Balaban J connectivity index is 1.47. The number of benzene rings is 1. The van der Waals surface area contributed by atoms with Crippen LogP contribution in [0.15, 0.2) is 24.3 Å². The van der Waals surface area contributed by atoms with Crippen LogP contribution in [0.5, 0.6) is 5.75 Å². The van der Waals surface area contributed by atoms with Crippen LogP contribution in [0.25, 0.3) is 0 Å². The van der Waals surface area contributed by atoms with Gasteiger partial charge in [0.25, 0.3) is 0 Å². The summed E-state index contributed by atoms with van der Waals surface area (Å²) in [5.41, 5.74) is 0.789. The molecule has 1 aliphatic carbocycles. The molecule has 5 heteroatoms. The Bertz CT molecular complexity index is 585. The minimum Gasteiger partial charge on any atom is -0.497 e. The summed E-state index contributed by atoms with van der Waals surface area (Å²) in [4.78, 5) is 27.1. The van der Waals surface area contributed by atoms with Gasteiger partial charge in [-0.1, -0.05) is 0 Å². The Morgan fingerprint density at radius 2 is 1.56 bits per heavy atom. The topological polar surface area (TPSA) is 58.6 Å². The molecule has 2 fully saturated rings. The third kappa shape index (κ3) is 4.53. The molecule has 1 heterocycles. The highest BCUT2D eigenvalue weighted by Gasteiger charge is 2.32. The predicted molar refractivity (Wildman–Crippen MR) is 97.5 cm³/mol. The van der Waals surface area contributed by atoms with Gasteiger partial charge in [-0.25, -0.2) is 0 Å². The quantitative estimate of drug-likeness (QED) is 0.910. The Hall–Kier alpha value is -2.04. The maximum absolute atomic E-state index is 12.6. The molecule has 0 spiro atoms. The third-order valence-corrected chi connectivity index (χ3v) is 5.47. The number of hydrogen-bond acceptors (Lipinski definition) is 3. The van der Waals surface area contributed by atoms with Crippen molar-refractivity contribution in [1.29, 1.82) is 0 Å². The molecule has 2 amide bonds. The summed E-state index contributed by atoms with van der Waals surface area (Å²) in [6.07, 6.45) is 6.75. The van der Waals surface area contributed by atoms with Gasteiger partial charge in [0.05, 0.1) is 7.11 Å². The van der Waals surface area contributed by atoms with Crippen molar-refractivity contribution in [3.05, 3.63) is 24.3 Å². The molecule has 1 N–H and O–H groups in total. The second kappa shape index (κ2) is 8.37. The van der Waals surface area contributed by atoms with Crippen LogP contribution in [0, 0.1) is 11.8 Å². The van der Waals surface area contributed by atoms with Gasteiger partial charge in [0, 0.05) is 30.6 Å². The zero-order valence-electron chi connectivity index (χ0n) is 15.0. The van der Waals surface area contributed by atoms with E-state index in [4.69, 9.17) is 4.74 Å².